The summed E-state index contributed by atoms with van der Waals surface area (Å²) in [4.78, 5) is 15.3. The summed E-state index contributed by atoms with van der Waals surface area (Å²) in [5, 5.41) is 7.67. The average Bonchev–Trinajstić information content (AvgIpc) is 3.08. The highest BCUT2D eigenvalue weighted by Crippen LogP contribution is 2.43. The van der Waals surface area contributed by atoms with Gasteiger partial charge in [0.15, 0.2) is 5.78 Å². The first kappa shape index (κ1) is 17.5. The number of hydrogen-bond donors (Lipinski definition) is 1. The fourth-order valence-corrected chi connectivity index (χ4v) is 3.82. The SMILES string of the molecule is CC(C)C(=O)c1n[nH]c2c1-c1ccccc1CN(C(C)C)c1ccccc1-2. The highest BCUT2D eigenvalue weighted by molar-refractivity contribution is 6.06. The monoisotopic (exact) mass is 359 g/mol. The van der Waals surface area contributed by atoms with Crippen LogP contribution in [0.4, 0.5) is 5.69 Å². The van der Waals surface area contributed by atoms with E-state index in [9.17, 15) is 4.79 Å². The number of benzene rings is 2. The van der Waals surface area contributed by atoms with Crippen LogP contribution >= 0.6 is 0 Å². The van der Waals surface area contributed by atoms with Gasteiger partial charge in [-0.25, -0.2) is 0 Å². The number of H-pyrrole nitrogens is 1. The number of para-hydroxylation sites is 1. The first-order valence-corrected chi connectivity index (χ1v) is 9.56. The van der Waals surface area contributed by atoms with Crippen LogP contribution in [0, 0.1) is 5.92 Å². The zero-order valence-electron chi connectivity index (χ0n) is 16.3. The van der Waals surface area contributed by atoms with Gasteiger partial charge >= 0.3 is 0 Å². The minimum absolute atomic E-state index is 0.0704. The Balaban J connectivity index is 2.07. The van der Waals surface area contributed by atoms with Crippen molar-refractivity contribution >= 4 is 11.5 Å². The molecule has 1 N–H and O–H groups in total. The zero-order chi connectivity index (χ0) is 19.1. The van der Waals surface area contributed by atoms with Crippen molar-refractivity contribution in [2.45, 2.75) is 40.3 Å². The van der Waals surface area contributed by atoms with Crippen LogP contribution in [0.25, 0.3) is 22.4 Å². The van der Waals surface area contributed by atoms with Crippen molar-refractivity contribution in [3.63, 3.8) is 0 Å². The Kier molecular flexibility index (Phi) is 4.34. The largest absolute Gasteiger partial charge is 0.364 e. The van der Waals surface area contributed by atoms with Crippen molar-refractivity contribution in [2.75, 3.05) is 4.90 Å². The number of carbonyl (C=O) groups is 1. The number of hydrogen-bond acceptors (Lipinski definition) is 3. The second-order valence-electron chi connectivity index (χ2n) is 7.74. The lowest BCUT2D eigenvalue weighted by Crippen LogP contribution is -2.31. The van der Waals surface area contributed by atoms with Gasteiger partial charge in [0.1, 0.15) is 5.69 Å². The molecule has 0 spiro atoms. The molecule has 4 rings (SSSR count). The second-order valence-corrected chi connectivity index (χ2v) is 7.74. The van der Waals surface area contributed by atoms with Crippen LogP contribution in [-0.2, 0) is 6.54 Å². The minimum Gasteiger partial charge on any atom is -0.364 e. The molecule has 3 aromatic rings. The normalized spacial score (nSPS) is 13.0. The van der Waals surface area contributed by atoms with E-state index >= 15 is 0 Å². The molecule has 0 aliphatic carbocycles. The fourth-order valence-electron chi connectivity index (χ4n) is 3.82. The maximum atomic E-state index is 12.9. The van der Waals surface area contributed by atoms with Crippen molar-refractivity contribution in [1.29, 1.82) is 0 Å². The molecule has 2 aromatic carbocycles. The lowest BCUT2D eigenvalue weighted by molar-refractivity contribution is 0.0935. The topological polar surface area (TPSA) is 49.0 Å². The van der Waals surface area contributed by atoms with Gasteiger partial charge in [0.25, 0.3) is 0 Å². The highest BCUT2D eigenvalue weighted by Gasteiger charge is 2.29. The molecule has 1 aromatic heterocycles. The number of nitrogens with one attached hydrogen (secondary N) is 1. The summed E-state index contributed by atoms with van der Waals surface area (Å²) in [5.74, 6) is -0.0292. The van der Waals surface area contributed by atoms with Crippen LogP contribution in [0.5, 0.6) is 0 Å². The van der Waals surface area contributed by atoms with Gasteiger partial charge < -0.3 is 4.90 Å². The van der Waals surface area contributed by atoms with E-state index in [1.165, 1.54) is 5.56 Å². The number of nitrogens with zero attached hydrogens (tertiary/aromatic N) is 2. The molecule has 4 nitrogen and oxygen atoms in total. The molecule has 0 fully saturated rings. The van der Waals surface area contributed by atoms with Gasteiger partial charge in [-0.1, -0.05) is 56.3 Å². The van der Waals surface area contributed by atoms with E-state index < -0.39 is 0 Å². The molecular formula is C23H25N3O. The fraction of sp³-hybridized carbons (Fsp3) is 0.304. The Bertz CT molecular complexity index is 1000. The molecule has 0 saturated heterocycles. The van der Waals surface area contributed by atoms with Crippen LogP contribution in [0.2, 0.25) is 0 Å². The molecule has 138 valence electrons. The first-order chi connectivity index (χ1) is 13.0. The standard InChI is InChI=1S/C23H25N3O/c1-14(2)23(27)22-20-17-10-6-5-9-16(17)13-26(15(3)4)19-12-8-7-11-18(19)21(20)24-25-22/h5-12,14-15H,13H2,1-4H3,(H,24,25). The zero-order valence-corrected chi connectivity index (χ0v) is 16.3. The van der Waals surface area contributed by atoms with Crippen LogP contribution in [0.15, 0.2) is 48.5 Å². The van der Waals surface area contributed by atoms with Gasteiger partial charge in [-0.3, -0.25) is 9.89 Å². The van der Waals surface area contributed by atoms with Crippen molar-refractivity contribution in [3.8, 4) is 22.4 Å². The second kappa shape index (κ2) is 6.69. The number of aromatic nitrogens is 2. The predicted octanol–water partition coefficient (Wildman–Crippen LogP) is 5.31. The van der Waals surface area contributed by atoms with Crippen molar-refractivity contribution in [3.05, 3.63) is 59.8 Å². The molecule has 0 radical (unpaired) electrons. The summed E-state index contributed by atoms with van der Waals surface area (Å²) >= 11 is 0. The molecule has 4 heteroatoms. The van der Waals surface area contributed by atoms with E-state index in [4.69, 9.17) is 0 Å². The third-order valence-corrected chi connectivity index (χ3v) is 5.26. The Morgan fingerprint density at radius 2 is 1.67 bits per heavy atom. The Labute approximate surface area is 160 Å². The number of anilines is 1. The van der Waals surface area contributed by atoms with Crippen LogP contribution in [0.3, 0.4) is 0 Å². The number of ketones is 1. The van der Waals surface area contributed by atoms with E-state index in [1.54, 1.807) is 0 Å². The third kappa shape index (κ3) is 2.85. The van der Waals surface area contributed by atoms with Crippen LogP contribution in [0.1, 0.15) is 43.7 Å². The van der Waals surface area contributed by atoms with Crippen molar-refractivity contribution in [1.82, 2.24) is 10.2 Å². The van der Waals surface area contributed by atoms with E-state index in [0.29, 0.717) is 11.7 Å². The van der Waals surface area contributed by atoms with E-state index in [0.717, 1.165) is 34.6 Å². The molecule has 1 aliphatic rings. The highest BCUT2D eigenvalue weighted by atomic mass is 16.1. The van der Waals surface area contributed by atoms with Gasteiger partial charge in [-0.05, 0) is 31.0 Å². The van der Waals surface area contributed by atoms with E-state index in [-0.39, 0.29) is 11.7 Å². The van der Waals surface area contributed by atoms with E-state index in [2.05, 4.69) is 65.3 Å². The average molecular weight is 359 g/mol. The lowest BCUT2D eigenvalue weighted by atomic mass is 9.89. The van der Waals surface area contributed by atoms with Gasteiger partial charge in [0, 0.05) is 35.3 Å². The molecule has 0 unspecified atom stereocenters. The van der Waals surface area contributed by atoms with Crippen molar-refractivity contribution in [2.24, 2.45) is 5.92 Å². The lowest BCUT2D eigenvalue weighted by Gasteiger charge is -2.33. The van der Waals surface area contributed by atoms with Gasteiger partial charge in [-0.15, -0.1) is 0 Å². The summed E-state index contributed by atoms with van der Waals surface area (Å²) in [6.45, 7) is 9.06. The smallest absolute Gasteiger partial charge is 0.186 e. The minimum atomic E-state index is -0.0996. The molecule has 1 aliphatic heterocycles. The first-order valence-electron chi connectivity index (χ1n) is 9.56. The summed E-state index contributed by atoms with van der Waals surface area (Å²) < 4.78 is 0. The third-order valence-electron chi connectivity index (χ3n) is 5.26. The maximum absolute atomic E-state index is 12.9. The summed E-state index contributed by atoms with van der Waals surface area (Å²) in [5.41, 5.74) is 6.95. The number of fused-ring (bicyclic) bond motifs is 5. The summed E-state index contributed by atoms with van der Waals surface area (Å²) in [6.07, 6.45) is 0. The molecule has 27 heavy (non-hydrogen) atoms. The number of rotatable bonds is 3. The van der Waals surface area contributed by atoms with Crippen LogP contribution < -0.4 is 4.90 Å². The van der Waals surface area contributed by atoms with Crippen LogP contribution in [-0.4, -0.2) is 22.0 Å². The number of Topliss-reactive ketones (excluding diaryl/α,β-unsaturated/α-hetero) is 1. The summed E-state index contributed by atoms with van der Waals surface area (Å²) in [7, 11) is 0. The number of aromatic amines is 1. The molecule has 2 heterocycles. The predicted molar refractivity (Wildman–Crippen MR) is 110 cm³/mol. The van der Waals surface area contributed by atoms with Gasteiger partial charge in [0.2, 0.25) is 0 Å². The molecule has 0 bridgehead atoms. The Morgan fingerprint density at radius 3 is 2.37 bits per heavy atom. The molecule has 0 atom stereocenters. The number of carbonyl (C=O) groups excluding carboxylic acids is 1. The summed E-state index contributed by atoms with van der Waals surface area (Å²) in [6, 6.07) is 17.1. The van der Waals surface area contributed by atoms with E-state index in [1.807, 2.05) is 26.0 Å². The molecule has 0 amide bonds. The maximum Gasteiger partial charge on any atom is 0.186 e. The Morgan fingerprint density at radius 1 is 1.00 bits per heavy atom. The molecular weight excluding hydrogens is 334 g/mol. The Hall–Kier alpha value is -2.88. The quantitative estimate of drug-likeness (QED) is 0.645. The van der Waals surface area contributed by atoms with Crippen molar-refractivity contribution < 1.29 is 4.79 Å². The van der Waals surface area contributed by atoms with Gasteiger partial charge in [-0.2, -0.15) is 5.10 Å². The molecule has 0 saturated carbocycles. The van der Waals surface area contributed by atoms with Gasteiger partial charge in [0.05, 0.1) is 5.69 Å².